The van der Waals surface area contributed by atoms with Crippen LogP contribution in [-0.2, 0) is 9.05 Å². The highest BCUT2D eigenvalue weighted by molar-refractivity contribution is 8.13. The first-order chi connectivity index (χ1) is 9.33. The van der Waals surface area contributed by atoms with Gasteiger partial charge in [0.25, 0.3) is 15.0 Å². The molecule has 1 aromatic rings. The molecule has 0 aliphatic carbocycles. The predicted octanol–water partition coefficient (Wildman–Crippen LogP) is 2.53. The molecule has 4 nitrogen and oxygen atoms in total. The second-order valence-corrected chi connectivity index (χ2v) is 6.51. The Hall–Kier alpha value is -1.42. The Morgan fingerprint density at radius 2 is 1.81 bits per heavy atom. The number of halogens is 6. The summed E-state index contributed by atoms with van der Waals surface area (Å²) in [5.74, 6) is -4.59. The molecule has 0 aromatic heterocycles. The van der Waals surface area contributed by atoms with Gasteiger partial charge in [-0.15, -0.1) is 0 Å². The molecule has 11 heteroatoms. The third-order valence-electron chi connectivity index (χ3n) is 2.26. The van der Waals surface area contributed by atoms with E-state index in [0.717, 1.165) is 0 Å². The standard InChI is InChI=1S/C10H7ClF5NO3S/c1-17(4-10(14,15)16)9(18)6-2-5(12)3-7(8(6)13)21(11,19)20/h2-3H,4H2,1H3. The topological polar surface area (TPSA) is 54.5 Å². The van der Waals surface area contributed by atoms with E-state index in [1.807, 2.05) is 0 Å². The van der Waals surface area contributed by atoms with Gasteiger partial charge in [-0.1, -0.05) is 0 Å². The highest BCUT2D eigenvalue weighted by Gasteiger charge is 2.33. The molecule has 0 radical (unpaired) electrons. The van der Waals surface area contributed by atoms with Gasteiger partial charge in [-0.2, -0.15) is 13.2 Å². The van der Waals surface area contributed by atoms with Crippen molar-refractivity contribution in [1.29, 1.82) is 0 Å². The highest BCUT2D eigenvalue weighted by atomic mass is 35.7. The first-order valence-electron chi connectivity index (χ1n) is 5.09. The lowest BCUT2D eigenvalue weighted by Gasteiger charge is -2.19. The third kappa shape index (κ3) is 4.53. The lowest BCUT2D eigenvalue weighted by atomic mass is 10.2. The maximum absolute atomic E-state index is 13.8. The number of amides is 1. The highest BCUT2D eigenvalue weighted by Crippen LogP contribution is 2.25. The number of carbonyl (C=O) groups is 1. The maximum Gasteiger partial charge on any atom is 0.406 e. The summed E-state index contributed by atoms with van der Waals surface area (Å²) in [5.41, 5.74) is -1.17. The smallest absolute Gasteiger partial charge is 0.333 e. The van der Waals surface area contributed by atoms with E-state index in [-0.39, 0.29) is 17.0 Å². The quantitative estimate of drug-likeness (QED) is 0.621. The predicted molar refractivity (Wildman–Crippen MR) is 62.4 cm³/mol. The van der Waals surface area contributed by atoms with Crippen molar-refractivity contribution in [2.75, 3.05) is 13.6 Å². The van der Waals surface area contributed by atoms with Gasteiger partial charge in [0.15, 0.2) is 5.82 Å². The number of hydrogen-bond donors (Lipinski definition) is 0. The Balaban J connectivity index is 3.32. The molecule has 1 aromatic carbocycles. The van der Waals surface area contributed by atoms with Crippen molar-refractivity contribution >= 4 is 25.6 Å². The van der Waals surface area contributed by atoms with Crippen LogP contribution in [0.5, 0.6) is 0 Å². The van der Waals surface area contributed by atoms with Crippen molar-refractivity contribution < 1.29 is 35.2 Å². The lowest BCUT2D eigenvalue weighted by molar-refractivity contribution is -0.138. The normalized spacial score (nSPS) is 12.3. The number of nitrogens with zero attached hydrogens (tertiary/aromatic N) is 1. The van der Waals surface area contributed by atoms with Crippen LogP contribution in [0.4, 0.5) is 22.0 Å². The second-order valence-electron chi connectivity index (χ2n) is 3.98. The molecule has 0 bridgehead atoms. The van der Waals surface area contributed by atoms with Crippen LogP contribution in [0.2, 0.25) is 0 Å². The molecule has 0 heterocycles. The van der Waals surface area contributed by atoms with E-state index in [4.69, 9.17) is 10.7 Å². The van der Waals surface area contributed by atoms with Crippen molar-refractivity contribution in [3.05, 3.63) is 29.3 Å². The molecular formula is C10H7ClF5NO3S. The molecule has 0 spiro atoms. The SMILES string of the molecule is CN(CC(F)(F)F)C(=O)c1cc(F)cc(S(=O)(=O)Cl)c1F. The van der Waals surface area contributed by atoms with Gasteiger partial charge < -0.3 is 4.90 Å². The fourth-order valence-corrected chi connectivity index (χ4v) is 2.36. The minimum atomic E-state index is -4.75. The maximum atomic E-state index is 13.8. The second kappa shape index (κ2) is 5.76. The van der Waals surface area contributed by atoms with Crippen LogP contribution in [0.3, 0.4) is 0 Å². The van der Waals surface area contributed by atoms with Gasteiger partial charge in [-0.3, -0.25) is 4.79 Å². The Bertz CT molecular complexity index is 674. The van der Waals surface area contributed by atoms with Gasteiger partial charge in [0.2, 0.25) is 0 Å². The fraction of sp³-hybridized carbons (Fsp3) is 0.300. The molecule has 0 saturated carbocycles. The van der Waals surface area contributed by atoms with E-state index < -0.39 is 49.8 Å². The number of rotatable bonds is 3. The fourth-order valence-electron chi connectivity index (χ4n) is 1.44. The molecule has 0 aliphatic rings. The minimum absolute atomic E-state index is 0.0719. The number of carbonyl (C=O) groups excluding carboxylic acids is 1. The third-order valence-corrected chi connectivity index (χ3v) is 3.58. The molecule has 21 heavy (non-hydrogen) atoms. The molecule has 1 rings (SSSR count). The van der Waals surface area contributed by atoms with Gasteiger partial charge in [-0.25, -0.2) is 17.2 Å². The minimum Gasteiger partial charge on any atom is -0.333 e. The molecule has 0 unspecified atom stereocenters. The van der Waals surface area contributed by atoms with Gasteiger partial charge in [0.1, 0.15) is 17.3 Å². The summed E-state index contributed by atoms with van der Waals surface area (Å²) in [6.45, 7) is -1.72. The summed E-state index contributed by atoms with van der Waals surface area (Å²) >= 11 is 0. The lowest BCUT2D eigenvalue weighted by Crippen LogP contribution is -2.36. The van der Waals surface area contributed by atoms with E-state index in [0.29, 0.717) is 7.05 Å². The first-order valence-corrected chi connectivity index (χ1v) is 7.40. The molecule has 0 saturated heterocycles. The largest absolute Gasteiger partial charge is 0.406 e. The summed E-state index contributed by atoms with van der Waals surface area (Å²) in [7, 11) is 0.854. The summed E-state index contributed by atoms with van der Waals surface area (Å²) < 4.78 is 85.6. The van der Waals surface area contributed by atoms with Crippen molar-refractivity contribution in [3.8, 4) is 0 Å². The molecule has 0 N–H and O–H groups in total. The Morgan fingerprint density at radius 1 is 1.29 bits per heavy atom. The number of hydrogen-bond acceptors (Lipinski definition) is 3. The van der Waals surface area contributed by atoms with Crippen LogP contribution in [0.15, 0.2) is 17.0 Å². The number of alkyl halides is 3. The summed E-state index contributed by atoms with van der Waals surface area (Å²) in [5, 5.41) is 0. The van der Waals surface area contributed by atoms with E-state index in [9.17, 15) is 35.2 Å². The Kier molecular flexibility index (Phi) is 4.83. The summed E-state index contributed by atoms with van der Waals surface area (Å²) in [4.78, 5) is 10.4. The van der Waals surface area contributed by atoms with Crippen LogP contribution >= 0.6 is 10.7 Å². The average Bonchev–Trinajstić information content (AvgIpc) is 2.27. The first kappa shape index (κ1) is 17.6. The van der Waals surface area contributed by atoms with Gasteiger partial charge in [-0.05, 0) is 12.1 Å². The molecular weight excluding hydrogens is 345 g/mol. The van der Waals surface area contributed by atoms with Crippen molar-refractivity contribution in [2.45, 2.75) is 11.1 Å². The zero-order valence-electron chi connectivity index (χ0n) is 10.2. The van der Waals surface area contributed by atoms with E-state index in [1.54, 1.807) is 0 Å². The molecule has 0 atom stereocenters. The Labute approximate surface area is 120 Å². The Morgan fingerprint density at radius 3 is 2.24 bits per heavy atom. The molecule has 0 fully saturated rings. The monoisotopic (exact) mass is 351 g/mol. The van der Waals surface area contributed by atoms with Crippen molar-refractivity contribution in [2.24, 2.45) is 0 Å². The van der Waals surface area contributed by atoms with Gasteiger partial charge in [0, 0.05) is 17.7 Å². The summed E-state index contributed by atoms with van der Waals surface area (Å²) in [6, 6.07) is 0.508. The van der Waals surface area contributed by atoms with E-state index in [1.165, 1.54) is 0 Å². The van der Waals surface area contributed by atoms with Crippen LogP contribution < -0.4 is 0 Å². The van der Waals surface area contributed by atoms with E-state index in [2.05, 4.69) is 0 Å². The molecule has 118 valence electrons. The van der Waals surface area contributed by atoms with Gasteiger partial charge >= 0.3 is 6.18 Å². The van der Waals surface area contributed by atoms with Crippen molar-refractivity contribution in [3.63, 3.8) is 0 Å². The summed E-state index contributed by atoms with van der Waals surface area (Å²) in [6.07, 6.45) is -4.75. The zero-order valence-corrected chi connectivity index (χ0v) is 11.8. The van der Waals surface area contributed by atoms with Gasteiger partial charge in [0.05, 0.1) is 5.56 Å². The molecule has 0 aliphatic heterocycles. The van der Waals surface area contributed by atoms with Crippen molar-refractivity contribution in [1.82, 2.24) is 4.90 Å². The zero-order chi connectivity index (χ0) is 16.6. The van der Waals surface area contributed by atoms with Crippen LogP contribution in [0, 0.1) is 11.6 Å². The number of benzene rings is 1. The van der Waals surface area contributed by atoms with Crippen LogP contribution in [0.25, 0.3) is 0 Å². The average molecular weight is 352 g/mol. The van der Waals surface area contributed by atoms with Crippen LogP contribution in [0.1, 0.15) is 10.4 Å². The van der Waals surface area contributed by atoms with E-state index >= 15 is 0 Å². The molecule has 1 amide bonds. The van der Waals surface area contributed by atoms with Crippen LogP contribution in [-0.4, -0.2) is 39.0 Å².